The average molecular weight is 1550 g/mol. The fourth-order valence-electron chi connectivity index (χ4n) is 12.5. The molecule has 15 atom stereocenters. The number of aromatic amines is 2. The first-order chi connectivity index (χ1) is 52.7. The van der Waals surface area contributed by atoms with Crippen molar-refractivity contribution in [1.82, 2.24) is 46.5 Å². The maximum absolute atomic E-state index is 12.7. The lowest BCUT2D eigenvalue weighted by Gasteiger charge is -2.18. The summed E-state index contributed by atoms with van der Waals surface area (Å²) in [6.07, 6.45) is 5.73. The monoisotopic (exact) mass is 1550 g/mol. The largest absolute Gasteiger partial charge is 0.382 e. The molecule has 2 N–H and O–H groups in total. The highest BCUT2D eigenvalue weighted by Gasteiger charge is 2.41. The van der Waals surface area contributed by atoms with E-state index in [1.54, 1.807) is 41.5 Å². The minimum absolute atomic E-state index is 0.261. The molecular formula is C65H95N25O20. The molecule has 45 heteroatoms. The number of rotatable bonds is 27. The third-order valence-electron chi connectivity index (χ3n) is 18.1. The van der Waals surface area contributed by atoms with Gasteiger partial charge in [-0.25, -0.2) is 24.0 Å². The number of hydrogen-bond donors (Lipinski definition) is 2. The third-order valence-corrected chi connectivity index (χ3v) is 18.1. The van der Waals surface area contributed by atoms with E-state index in [4.69, 9.17) is 75.0 Å². The van der Waals surface area contributed by atoms with E-state index >= 15 is 0 Å². The Kier molecular flexibility index (Phi) is 34.6. The molecule has 0 bridgehead atoms. The van der Waals surface area contributed by atoms with Gasteiger partial charge in [0.15, 0.2) is 0 Å². The molecule has 0 aromatic carbocycles. The molecule has 0 amide bonds. The van der Waals surface area contributed by atoms with E-state index in [0.29, 0.717) is 99.3 Å². The van der Waals surface area contributed by atoms with E-state index in [1.165, 1.54) is 79.7 Å². The first-order valence-electron chi connectivity index (χ1n) is 35.5. The SMILES string of the molecule is CCCOC[C@H]1O[C@@H](n2cc(C)c(=O)n(CCC)c2=O)CC1N=[N+]=[N-].CCOC[C@H]1O[C@@H](n2cc(C)c(=O)[nH]c2=O)CC1N=[N+]=[N-].CCOC[C@H]1O[C@@H](n2cc(C)c(=O)n(CC)c2=O)CC1N=[N+]=[N-].COC[C@H]1O[C@@H](n2cc(C)c(=O)[nH]c2=O)CC1N=[N+]=[N-].COC[C@H]1O[C@@H](n2cc(C)c(=O)n(C)c2=O)CC1N=[N+]=[N-]. The molecule has 600 valence electrons. The molecule has 5 aromatic heterocycles. The van der Waals surface area contributed by atoms with Crippen LogP contribution in [0.5, 0.6) is 0 Å². The van der Waals surface area contributed by atoms with E-state index in [9.17, 15) is 47.9 Å². The molecule has 5 saturated heterocycles. The highest BCUT2D eigenvalue weighted by Crippen LogP contribution is 2.35. The van der Waals surface area contributed by atoms with Crippen LogP contribution in [0.4, 0.5) is 0 Å². The predicted octanol–water partition coefficient (Wildman–Crippen LogP) is 5.24. The first-order valence-corrected chi connectivity index (χ1v) is 35.5. The molecule has 0 saturated carbocycles. The number of hydrogen-bond acceptors (Lipinski definition) is 25. The molecule has 5 aliphatic rings. The van der Waals surface area contributed by atoms with Gasteiger partial charge in [0.25, 0.3) is 27.8 Å². The number of aryl methyl sites for hydroxylation is 5. The first kappa shape index (κ1) is 88.5. The number of nitrogens with zero attached hydrogens (tertiary/aromatic N) is 23. The zero-order chi connectivity index (χ0) is 81.1. The molecule has 0 radical (unpaired) electrons. The predicted molar refractivity (Wildman–Crippen MR) is 393 cm³/mol. The van der Waals surface area contributed by atoms with Gasteiger partial charge >= 0.3 is 28.4 Å². The van der Waals surface area contributed by atoms with Gasteiger partial charge < -0.3 is 47.4 Å². The Morgan fingerprint density at radius 3 is 1.03 bits per heavy atom. The zero-order valence-electron chi connectivity index (χ0n) is 63.5. The topological polar surface area (TPSA) is 578 Å². The lowest BCUT2D eigenvalue weighted by molar-refractivity contribution is -0.0457. The third kappa shape index (κ3) is 22.6. The molecule has 5 aromatic rings. The quantitative estimate of drug-likeness (QED) is 0.0294. The van der Waals surface area contributed by atoms with Crippen LogP contribution in [0.3, 0.4) is 0 Å². The van der Waals surface area contributed by atoms with Gasteiger partial charge in [0, 0.05) is 170 Å². The van der Waals surface area contributed by atoms with Crippen molar-refractivity contribution in [3.8, 4) is 0 Å². The number of ether oxygens (including phenoxy) is 10. The number of azide groups is 5. The van der Waals surface area contributed by atoms with Crippen molar-refractivity contribution >= 4 is 0 Å². The van der Waals surface area contributed by atoms with Gasteiger partial charge in [0.2, 0.25) is 0 Å². The van der Waals surface area contributed by atoms with Crippen LogP contribution in [-0.2, 0) is 67.5 Å². The average Bonchev–Trinajstić information content (AvgIpc) is 1.46. The molecule has 0 spiro atoms. The van der Waals surface area contributed by atoms with Gasteiger partial charge in [-0.2, -0.15) is 0 Å². The van der Waals surface area contributed by atoms with Gasteiger partial charge in [0.1, 0.15) is 31.1 Å². The van der Waals surface area contributed by atoms with E-state index in [-0.39, 0.29) is 49.7 Å². The molecule has 10 rings (SSSR count). The van der Waals surface area contributed by atoms with Crippen LogP contribution >= 0.6 is 0 Å². The lowest BCUT2D eigenvalue weighted by Crippen LogP contribution is -2.42. The number of methoxy groups -OCH3 is 2. The second-order valence-corrected chi connectivity index (χ2v) is 25.8. The minimum atomic E-state index is -0.589. The van der Waals surface area contributed by atoms with Gasteiger partial charge in [0.05, 0.1) is 93.8 Å². The Balaban J connectivity index is 0.000000215. The Bertz CT molecular complexity index is 4850. The molecule has 5 fully saturated rings. The van der Waals surface area contributed by atoms with Gasteiger partial charge in [-0.15, -0.1) is 0 Å². The summed E-state index contributed by atoms with van der Waals surface area (Å²) in [5, 5.41) is 18.5. The molecular weight excluding hydrogens is 1450 g/mol. The summed E-state index contributed by atoms with van der Waals surface area (Å²) in [6, 6.07) is -2.06. The fraction of sp³-hybridized carbons (Fsp3) is 0.692. The van der Waals surface area contributed by atoms with Crippen molar-refractivity contribution in [3.63, 3.8) is 0 Å². The highest BCUT2D eigenvalue weighted by atomic mass is 16.6. The smallest absolute Gasteiger partial charge is 0.333 e. The number of H-pyrrole nitrogens is 2. The van der Waals surface area contributed by atoms with Crippen LogP contribution in [0.1, 0.15) is 139 Å². The second kappa shape index (κ2) is 43.1. The van der Waals surface area contributed by atoms with E-state index < -0.39 is 131 Å². The van der Waals surface area contributed by atoms with Crippen molar-refractivity contribution in [3.05, 3.63) is 215 Å². The second-order valence-electron chi connectivity index (χ2n) is 25.8. The summed E-state index contributed by atoms with van der Waals surface area (Å²) in [4.78, 5) is 138. The summed E-state index contributed by atoms with van der Waals surface area (Å²) < 4.78 is 65.3. The highest BCUT2D eigenvalue weighted by molar-refractivity contribution is 5.08. The molecule has 45 nitrogen and oxygen atoms in total. The molecule has 10 heterocycles. The van der Waals surface area contributed by atoms with Gasteiger partial charge in [-0.05, 0) is 95.9 Å². The molecule has 0 aliphatic carbocycles. The van der Waals surface area contributed by atoms with Crippen LogP contribution in [-0.4, -0.2) is 174 Å². The van der Waals surface area contributed by atoms with Gasteiger partial charge in [-0.1, -0.05) is 39.4 Å². The summed E-state index contributed by atoms with van der Waals surface area (Å²) in [5.74, 6) is 0. The number of nitrogens with one attached hydrogen (secondary N) is 2. The molecule has 5 unspecified atom stereocenters. The lowest BCUT2D eigenvalue weighted by atomic mass is 10.1. The summed E-state index contributed by atoms with van der Waals surface area (Å²) in [7, 11) is 4.45. The van der Waals surface area contributed by atoms with Crippen LogP contribution in [0.15, 0.2) is 105 Å². The zero-order valence-corrected chi connectivity index (χ0v) is 63.5. The maximum atomic E-state index is 12.7. The number of aromatic nitrogens is 10. The normalized spacial score (nSPS) is 24.2. The summed E-state index contributed by atoms with van der Waals surface area (Å²) in [5.41, 5.74) is 41.2. The molecule has 110 heavy (non-hydrogen) atoms. The van der Waals surface area contributed by atoms with Crippen LogP contribution in [0.2, 0.25) is 0 Å². The van der Waals surface area contributed by atoms with E-state index in [0.717, 1.165) is 15.6 Å². The minimum Gasteiger partial charge on any atom is -0.382 e. The van der Waals surface area contributed by atoms with E-state index in [2.05, 4.69) is 60.1 Å². The van der Waals surface area contributed by atoms with Gasteiger partial charge in [-0.3, -0.25) is 70.5 Å². The van der Waals surface area contributed by atoms with Crippen LogP contribution in [0.25, 0.3) is 52.2 Å². The van der Waals surface area contributed by atoms with Crippen molar-refractivity contribution < 1.29 is 47.4 Å². The van der Waals surface area contributed by atoms with Crippen molar-refractivity contribution in [1.29, 1.82) is 0 Å². The van der Waals surface area contributed by atoms with E-state index in [1.807, 2.05) is 27.7 Å². The summed E-state index contributed by atoms with van der Waals surface area (Å²) >= 11 is 0. The Morgan fingerprint density at radius 1 is 0.409 bits per heavy atom. The van der Waals surface area contributed by atoms with Crippen LogP contribution in [0, 0.1) is 34.6 Å². The van der Waals surface area contributed by atoms with Crippen molar-refractivity contribution in [2.75, 3.05) is 67.1 Å². The Hall–Kier alpha value is -10.4. The van der Waals surface area contributed by atoms with Crippen molar-refractivity contribution in [2.45, 2.75) is 219 Å². The molecule has 5 aliphatic heterocycles. The maximum Gasteiger partial charge on any atom is 0.333 e. The van der Waals surface area contributed by atoms with Crippen LogP contribution < -0.4 is 56.2 Å². The fourth-order valence-corrected chi connectivity index (χ4v) is 12.5. The standard InChI is InChI=1S/C16H25N5O4.C14H21N5O4.2C12H17N5O4.C11H15N5O4/c1-4-6-20-15(22)11(3)9-21(16(20)23)14-8-12(18-19-17)13(25-14)10-24-7-5-2;1-4-18-13(20)9(3)7-19(14(18)21)12-6-10(16-17-15)11(23-12)8-22-5-2;1-7-5-17(12(19)16(2)11(7)18)10-4-8(14-15-13)9(21-10)6-20-3;1-3-20-6-9-8(15-16-13)4-10(21-9)17-5-7(2)11(18)14-12(17)19;1-6-4-16(11(18)13-10(6)17)9-3-7(14-15-12)8(20-9)5-19-2/h9,12-14H,4-8,10H2,1-3H3;7,10-12H,4-6,8H2,1-3H3;5,8-10H,4,6H2,1-3H3;5,8-10H,3-4,6H2,1-2H3,(H,14,18,19);4,7-9H,3,5H2,1-2H3,(H,13,17,18)/t12?,13-,14-;10?,11-,12-;2*8?,9-,10-;7?,8-,9-/m11111/s1. The Morgan fingerprint density at radius 2 is 0.709 bits per heavy atom. The summed E-state index contributed by atoms with van der Waals surface area (Å²) in [6.45, 7) is 21.2. The van der Waals surface area contributed by atoms with Crippen molar-refractivity contribution in [2.24, 2.45) is 32.6 Å². The Labute approximate surface area is 625 Å².